The Morgan fingerprint density at radius 1 is 1.00 bits per heavy atom. The number of rotatable bonds is 4. The van der Waals surface area contributed by atoms with E-state index >= 15 is 0 Å². The van der Waals surface area contributed by atoms with E-state index in [1.807, 2.05) is 0 Å². The molecular weight excluding hydrogens is 589 g/mol. The molecule has 2 atom stereocenters. The number of amides is 1. The lowest BCUT2D eigenvalue weighted by molar-refractivity contribution is -0.114. The van der Waals surface area contributed by atoms with Crippen molar-refractivity contribution in [3.05, 3.63) is 55.6 Å². The van der Waals surface area contributed by atoms with Crippen molar-refractivity contribution in [2.75, 3.05) is 5.32 Å². The van der Waals surface area contributed by atoms with Crippen LogP contribution in [0.25, 0.3) is 22.5 Å². The normalized spacial score (nSPS) is 21.9. The number of carbonyl (C=O) groups excluding carboxylic acids is 2. The van der Waals surface area contributed by atoms with Crippen molar-refractivity contribution in [3.8, 4) is 11.1 Å². The number of benzene rings is 1. The summed E-state index contributed by atoms with van der Waals surface area (Å²) in [7, 11) is 0. The lowest BCUT2D eigenvalue weighted by Crippen LogP contribution is -2.49. The number of aromatic nitrogens is 2. The largest absolute Gasteiger partial charge is 0.512 e. The van der Waals surface area contributed by atoms with E-state index in [1.54, 1.807) is 24.3 Å². The van der Waals surface area contributed by atoms with Gasteiger partial charge in [0.05, 0.1) is 0 Å². The van der Waals surface area contributed by atoms with Crippen LogP contribution in [0.4, 0.5) is 5.82 Å². The Kier molecular flexibility index (Phi) is 8.98. The fraction of sp³-hybridized carbons (Fsp3) is 0.515. The SMILES string of the molecule is CC(=O)Nc1nc2c(C(=O)OC3C(C(C)(C)C)CC(C)CC3C(C)(C)C)c(-c3ccc(Cl)cc3)c(Cl)n2c(=O)/c1=C(/C)O. The summed E-state index contributed by atoms with van der Waals surface area (Å²) >= 11 is 13.1. The molecule has 1 aromatic carbocycles. The number of anilines is 1. The molecule has 0 saturated heterocycles. The molecule has 2 N–H and O–H groups in total. The Morgan fingerprint density at radius 2 is 1.53 bits per heavy atom. The van der Waals surface area contributed by atoms with E-state index in [2.05, 4.69) is 58.8 Å². The van der Waals surface area contributed by atoms with Crippen LogP contribution in [-0.2, 0) is 9.53 Å². The van der Waals surface area contributed by atoms with Gasteiger partial charge in [-0.3, -0.25) is 9.59 Å². The molecule has 0 bridgehead atoms. The summed E-state index contributed by atoms with van der Waals surface area (Å²) < 4.78 is 7.61. The molecule has 0 spiro atoms. The number of halogens is 2. The molecule has 10 heteroatoms. The zero-order valence-electron chi connectivity index (χ0n) is 26.3. The van der Waals surface area contributed by atoms with Crippen molar-refractivity contribution in [2.24, 2.45) is 28.6 Å². The monoisotopic (exact) mass is 629 g/mol. The van der Waals surface area contributed by atoms with Gasteiger partial charge in [0.15, 0.2) is 11.5 Å². The Labute approximate surface area is 262 Å². The first-order chi connectivity index (χ1) is 19.8. The standard InChI is InChI=1S/C33H41Cl2N3O5/c1-16-14-21(32(4,5)6)26(22(15-16)33(7,8)9)43-31(42)25-24(19-10-12-20(34)13-11-19)27(35)38-29(25)37-28(36-18(3)40)23(17(2)39)30(38)41/h10-13,16,21-22,26,39H,14-15H2,1-9H3,(H,36,37,40)/b23-17-. The minimum absolute atomic E-state index is 0.00268. The fourth-order valence-corrected chi connectivity index (χ4v) is 6.89. The molecule has 3 aromatic rings. The highest BCUT2D eigenvalue weighted by molar-refractivity contribution is 6.34. The molecule has 4 rings (SSSR count). The van der Waals surface area contributed by atoms with Gasteiger partial charge in [-0.15, -0.1) is 0 Å². The first-order valence-electron chi connectivity index (χ1n) is 14.5. The number of nitrogens with zero attached hydrogens (tertiary/aromatic N) is 2. The molecule has 2 unspecified atom stereocenters. The van der Waals surface area contributed by atoms with Gasteiger partial charge in [-0.25, -0.2) is 14.2 Å². The Bertz CT molecular complexity index is 1660. The third-order valence-electron chi connectivity index (χ3n) is 8.53. The van der Waals surface area contributed by atoms with Crippen molar-refractivity contribution in [1.29, 1.82) is 0 Å². The molecule has 0 aliphatic heterocycles. The topological polar surface area (TPSA) is 110 Å². The summed E-state index contributed by atoms with van der Waals surface area (Å²) in [6.07, 6.45) is 1.39. The second kappa shape index (κ2) is 11.8. The maximum absolute atomic E-state index is 14.5. The molecule has 0 radical (unpaired) electrons. The third-order valence-corrected chi connectivity index (χ3v) is 9.14. The summed E-state index contributed by atoms with van der Waals surface area (Å²) in [5.74, 6) is -1.11. The Hall–Kier alpha value is -3.10. The van der Waals surface area contributed by atoms with Gasteiger partial charge in [-0.05, 0) is 54.2 Å². The zero-order valence-corrected chi connectivity index (χ0v) is 27.8. The van der Waals surface area contributed by atoms with Crippen LogP contribution in [0, 0.1) is 28.6 Å². The summed E-state index contributed by atoms with van der Waals surface area (Å²) in [5.41, 5.74) is -0.344. The van der Waals surface area contributed by atoms with Gasteiger partial charge >= 0.3 is 5.97 Å². The van der Waals surface area contributed by atoms with E-state index in [4.69, 9.17) is 27.9 Å². The number of aliphatic hydroxyl groups excluding tert-OH is 1. The average Bonchev–Trinajstić information content (AvgIpc) is 3.15. The predicted molar refractivity (Wildman–Crippen MR) is 172 cm³/mol. The Morgan fingerprint density at radius 3 is 2.00 bits per heavy atom. The van der Waals surface area contributed by atoms with E-state index in [1.165, 1.54) is 13.8 Å². The molecule has 2 aromatic heterocycles. The number of hydrogen-bond donors (Lipinski definition) is 2. The van der Waals surface area contributed by atoms with Crippen molar-refractivity contribution >= 4 is 52.3 Å². The minimum Gasteiger partial charge on any atom is -0.512 e. The number of aliphatic hydroxyl groups is 1. The first kappa shape index (κ1) is 32.8. The molecule has 1 amide bonds. The highest BCUT2D eigenvalue weighted by Gasteiger charge is 2.48. The van der Waals surface area contributed by atoms with Crippen LogP contribution < -0.4 is 16.1 Å². The second-order valence-corrected chi connectivity index (χ2v) is 14.8. The third kappa shape index (κ3) is 6.41. The highest BCUT2D eigenvalue weighted by Crippen LogP contribution is 2.50. The van der Waals surface area contributed by atoms with Crippen molar-refractivity contribution in [3.63, 3.8) is 0 Å². The average molecular weight is 631 g/mol. The smallest absolute Gasteiger partial charge is 0.342 e. The summed E-state index contributed by atoms with van der Waals surface area (Å²) in [6, 6.07) is 6.70. The van der Waals surface area contributed by atoms with Crippen molar-refractivity contribution in [2.45, 2.75) is 81.3 Å². The summed E-state index contributed by atoms with van der Waals surface area (Å²) in [5, 5.41) is 13.1. The number of ether oxygens (including phenoxy) is 1. The number of fused-ring (bicyclic) bond motifs is 1. The summed E-state index contributed by atoms with van der Waals surface area (Å²) in [6.45, 7) is 17.8. The number of hydrogen-bond acceptors (Lipinski definition) is 6. The molecule has 43 heavy (non-hydrogen) atoms. The van der Waals surface area contributed by atoms with Crippen LogP contribution in [0.15, 0.2) is 29.1 Å². The number of carbonyl (C=O) groups is 2. The van der Waals surface area contributed by atoms with E-state index in [0.717, 1.165) is 17.2 Å². The molecule has 2 heterocycles. The number of nitrogens with one attached hydrogen (secondary N) is 1. The van der Waals surface area contributed by atoms with E-state index in [9.17, 15) is 19.5 Å². The predicted octanol–water partition coefficient (Wildman–Crippen LogP) is 7.31. The van der Waals surface area contributed by atoms with E-state index in [-0.39, 0.29) is 61.4 Å². The van der Waals surface area contributed by atoms with Gasteiger partial charge in [0.25, 0.3) is 5.56 Å². The molecule has 8 nitrogen and oxygen atoms in total. The van der Waals surface area contributed by atoms with Gasteiger partial charge in [0.1, 0.15) is 27.8 Å². The van der Waals surface area contributed by atoms with Crippen molar-refractivity contribution < 1.29 is 19.4 Å². The second-order valence-electron chi connectivity index (χ2n) is 14.0. The molecule has 232 valence electrons. The van der Waals surface area contributed by atoms with Crippen LogP contribution in [0.3, 0.4) is 0 Å². The van der Waals surface area contributed by atoms with Crippen LogP contribution >= 0.6 is 23.2 Å². The first-order valence-corrected chi connectivity index (χ1v) is 15.3. The van der Waals surface area contributed by atoms with Gasteiger partial charge in [0.2, 0.25) is 5.91 Å². The zero-order chi connectivity index (χ0) is 32.2. The van der Waals surface area contributed by atoms with Gasteiger partial charge in [-0.2, -0.15) is 0 Å². The van der Waals surface area contributed by atoms with Gasteiger partial charge < -0.3 is 15.2 Å². The van der Waals surface area contributed by atoms with E-state index < -0.39 is 23.5 Å². The lowest BCUT2D eigenvalue weighted by Gasteiger charge is -2.50. The molecule has 1 aliphatic rings. The van der Waals surface area contributed by atoms with Gasteiger partial charge in [-0.1, -0.05) is 83.8 Å². The molecule has 1 aliphatic carbocycles. The quantitative estimate of drug-likeness (QED) is 0.293. The molecular formula is C33H41Cl2N3O5. The highest BCUT2D eigenvalue weighted by atomic mass is 35.5. The summed E-state index contributed by atoms with van der Waals surface area (Å²) in [4.78, 5) is 44.9. The van der Waals surface area contributed by atoms with Crippen molar-refractivity contribution in [1.82, 2.24) is 9.38 Å². The maximum atomic E-state index is 14.5. The minimum atomic E-state index is -0.736. The number of esters is 1. The van der Waals surface area contributed by atoms with Crippen LogP contribution in [0.2, 0.25) is 10.2 Å². The Balaban J connectivity index is 2.03. The van der Waals surface area contributed by atoms with E-state index in [0.29, 0.717) is 16.5 Å². The molecule has 1 fully saturated rings. The van der Waals surface area contributed by atoms with Crippen LogP contribution in [-0.4, -0.2) is 32.5 Å². The maximum Gasteiger partial charge on any atom is 0.342 e. The molecule has 1 saturated carbocycles. The van der Waals surface area contributed by atoms with Crippen LogP contribution in [0.1, 0.15) is 85.5 Å². The fourth-order valence-electron chi connectivity index (χ4n) is 6.41. The van der Waals surface area contributed by atoms with Gasteiger partial charge in [0, 0.05) is 29.3 Å². The van der Waals surface area contributed by atoms with Crippen LogP contribution in [0.5, 0.6) is 0 Å². The lowest BCUT2D eigenvalue weighted by atomic mass is 9.59.